The van der Waals surface area contributed by atoms with Gasteiger partial charge < -0.3 is 9.69 Å². The SMILES string of the molecule is N#C[C]1(C#N)[Ni][C]1(C#N)C#N.[C-]#[N+]C(C)(C)C.[C-]#[N+]C(C)(C)C. The molecule has 1 fully saturated rings. The minimum absolute atomic E-state index is 0.167. The number of nitriles is 4. The molecule has 0 aromatic heterocycles. The third kappa shape index (κ3) is 7.31. The molecule has 0 bridgehead atoms. The van der Waals surface area contributed by atoms with E-state index in [1.165, 1.54) is 0 Å². The van der Waals surface area contributed by atoms with Crippen molar-refractivity contribution in [2.75, 3.05) is 0 Å². The van der Waals surface area contributed by atoms with E-state index in [9.17, 15) is 0 Å². The van der Waals surface area contributed by atoms with Crippen LogP contribution in [0.5, 0.6) is 0 Å². The van der Waals surface area contributed by atoms with Gasteiger partial charge in [0.1, 0.15) is 0 Å². The Morgan fingerprint density at radius 1 is 0.696 bits per heavy atom. The van der Waals surface area contributed by atoms with Gasteiger partial charge in [0.05, 0.1) is 0 Å². The van der Waals surface area contributed by atoms with Crippen molar-refractivity contribution < 1.29 is 14.4 Å². The van der Waals surface area contributed by atoms with Crippen molar-refractivity contribution >= 4 is 0 Å². The van der Waals surface area contributed by atoms with Crippen molar-refractivity contribution in [2.24, 2.45) is 0 Å². The van der Waals surface area contributed by atoms with Crippen LogP contribution in [0.4, 0.5) is 0 Å². The fourth-order valence-corrected chi connectivity index (χ4v) is 1.51. The molecule has 0 aromatic rings. The van der Waals surface area contributed by atoms with Gasteiger partial charge in [-0.2, -0.15) is 0 Å². The molecule has 6 nitrogen and oxygen atoms in total. The van der Waals surface area contributed by atoms with Crippen LogP contribution in [0, 0.1) is 58.5 Å². The number of hydrogen-bond donors (Lipinski definition) is 0. The summed E-state index contributed by atoms with van der Waals surface area (Å²) in [5, 5.41) is 33.9. The van der Waals surface area contributed by atoms with E-state index in [-0.39, 0.29) is 11.1 Å². The molecule has 0 aromatic carbocycles. The average Bonchev–Trinajstić information content (AvgIpc) is 3.16. The normalized spacial score (nSPS) is 16.0. The Bertz CT molecular complexity index is 580. The molecule has 23 heavy (non-hydrogen) atoms. The van der Waals surface area contributed by atoms with Gasteiger partial charge in [-0.1, -0.05) is 0 Å². The van der Waals surface area contributed by atoms with Crippen molar-refractivity contribution in [2.45, 2.75) is 61.4 Å². The summed E-state index contributed by atoms with van der Waals surface area (Å²) in [4.78, 5) is 6.54. The first-order valence-electron chi connectivity index (χ1n) is 6.36. The quantitative estimate of drug-likeness (QED) is 0.486. The van der Waals surface area contributed by atoms with Gasteiger partial charge >= 0.3 is 68.5 Å². The van der Waals surface area contributed by atoms with Gasteiger partial charge in [0.15, 0.2) is 0 Å². The zero-order chi connectivity index (χ0) is 18.9. The smallest absolute Gasteiger partial charge is 0.224 e. The molecular formula is C16H18N6Ni. The summed E-state index contributed by atoms with van der Waals surface area (Å²) in [6.45, 7) is 24.3. The Morgan fingerprint density at radius 2 is 0.870 bits per heavy atom. The van der Waals surface area contributed by atoms with Crippen LogP contribution in [-0.4, -0.2) is 11.1 Å². The number of rotatable bonds is 0. The summed E-state index contributed by atoms with van der Waals surface area (Å²) < 4.78 is -2.85. The van der Waals surface area contributed by atoms with Crippen molar-refractivity contribution in [3.63, 3.8) is 0 Å². The predicted octanol–water partition coefficient (Wildman–Crippen LogP) is 3.90. The van der Waals surface area contributed by atoms with E-state index in [1.807, 2.05) is 41.5 Å². The molecule has 1 aliphatic heterocycles. The summed E-state index contributed by atoms with van der Waals surface area (Å²) in [5.74, 6) is 0. The van der Waals surface area contributed by atoms with Gasteiger partial charge in [0.25, 0.3) is 0 Å². The maximum atomic E-state index is 8.46. The first kappa shape index (κ1) is 22.7. The summed E-state index contributed by atoms with van der Waals surface area (Å²) in [6.07, 6.45) is 0. The number of hydrogen-bond acceptors (Lipinski definition) is 4. The molecule has 1 aliphatic rings. The van der Waals surface area contributed by atoms with E-state index >= 15 is 0 Å². The van der Waals surface area contributed by atoms with Gasteiger partial charge in [-0.05, 0) is 0 Å². The van der Waals surface area contributed by atoms with E-state index in [2.05, 4.69) is 9.69 Å². The van der Waals surface area contributed by atoms with Crippen LogP contribution >= 0.6 is 0 Å². The van der Waals surface area contributed by atoms with Gasteiger partial charge in [0.2, 0.25) is 11.1 Å². The Balaban J connectivity index is 0. The molecule has 0 atom stereocenters. The first-order chi connectivity index (χ1) is 10.3. The van der Waals surface area contributed by atoms with Crippen LogP contribution in [0.25, 0.3) is 9.69 Å². The van der Waals surface area contributed by atoms with Gasteiger partial charge in [-0.15, -0.1) is 0 Å². The molecule has 1 heterocycles. The van der Waals surface area contributed by atoms with E-state index in [1.54, 1.807) is 24.3 Å². The Kier molecular flexibility index (Phi) is 8.07. The summed E-state index contributed by atoms with van der Waals surface area (Å²) in [5.41, 5.74) is -0.333. The Morgan fingerprint density at radius 3 is 0.913 bits per heavy atom. The zero-order valence-corrected chi connectivity index (χ0v) is 15.0. The largest absolute Gasteiger partial charge is 0.311 e. The second-order valence-corrected chi connectivity index (χ2v) is 8.04. The fourth-order valence-electron chi connectivity index (χ4n) is 0.573. The second-order valence-electron chi connectivity index (χ2n) is 6.32. The van der Waals surface area contributed by atoms with Gasteiger partial charge in [-0.25, -0.2) is 13.1 Å². The predicted molar refractivity (Wildman–Crippen MR) is 80.5 cm³/mol. The molecular weight excluding hydrogens is 335 g/mol. The molecule has 0 amide bonds. The van der Waals surface area contributed by atoms with Crippen LogP contribution in [0.1, 0.15) is 41.5 Å². The number of nitrogens with zero attached hydrogens (tertiary/aromatic N) is 6. The molecule has 1 saturated heterocycles. The molecule has 0 spiro atoms. The molecule has 0 saturated carbocycles. The molecule has 0 aliphatic carbocycles. The molecule has 0 N–H and O–H groups in total. The van der Waals surface area contributed by atoms with E-state index in [4.69, 9.17) is 34.2 Å². The van der Waals surface area contributed by atoms with Gasteiger partial charge in [0, 0.05) is 41.5 Å². The van der Waals surface area contributed by atoms with E-state index < -0.39 is 8.77 Å². The second kappa shape index (κ2) is 8.17. The van der Waals surface area contributed by atoms with Crippen molar-refractivity contribution in [1.29, 1.82) is 21.0 Å². The Hall–Kier alpha value is -2.57. The average molecular weight is 353 g/mol. The zero-order valence-electron chi connectivity index (χ0n) is 14.0. The van der Waals surface area contributed by atoms with Crippen molar-refractivity contribution in [3.8, 4) is 24.3 Å². The summed E-state index contributed by atoms with van der Waals surface area (Å²) in [6, 6.07) is 6.64. The van der Waals surface area contributed by atoms with Crippen LogP contribution in [-0.2, 0) is 14.4 Å². The third-order valence-corrected chi connectivity index (χ3v) is 3.58. The van der Waals surface area contributed by atoms with Gasteiger partial charge in [-0.3, -0.25) is 0 Å². The fraction of sp³-hybridized carbons (Fsp3) is 0.625. The monoisotopic (exact) mass is 352 g/mol. The topological polar surface area (TPSA) is 104 Å². The van der Waals surface area contributed by atoms with Crippen molar-refractivity contribution in [1.82, 2.24) is 0 Å². The van der Waals surface area contributed by atoms with E-state index in [0.29, 0.717) is 14.4 Å². The van der Waals surface area contributed by atoms with Crippen molar-refractivity contribution in [3.05, 3.63) is 22.8 Å². The first-order valence-corrected chi connectivity index (χ1v) is 7.34. The molecule has 7 heteroatoms. The standard InChI is InChI=1S/C6N4.2C5H9N.Ni/c7-1-5(2-8)6(3-9)4-10;2*1-5(2,3)6-4;/h;2*1-3H3;. The van der Waals surface area contributed by atoms with Crippen LogP contribution < -0.4 is 0 Å². The van der Waals surface area contributed by atoms with Crippen LogP contribution in [0.3, 0.4) is 0 Å². The summed E-state index contributed by atoms with van der Waals surface area (Å²) >= 11 is 0.604. The molecule has 1 rings (SSSR count). The minimum Gasteiger partial charge on any atom is -0.311 e. The maximum Gasteiger partial charge on any atom is 0.224 e. The minimum atomic E-state index is -1.43. The summed E-state index contributed by atoms with van der Waals surface area (Å²) in [7, 11) is 0. The molecule has 0 unspecified atom stereocenters. The molecule has 0 radical (unpaired) electrons. The molecule has 122 valence electrons. The van der Waals surface area contributed by atoms with Crippen LogP contribution in [0.15, 0.2) is 0 Å². The third-order valence-electron chi connectivity index (χ3n) is 1.90. The van der Waals surface area contributed by atoms with E-state index in [0.717, 1.165) is 0 Å². The maximum absolute atomic E-state index is 8.46. The Labute approximate surface area is 144 Å². The van der Waals surface area contributed by atoms with Crippen LogP contribution in [0.2, 0.25) is 8.77 Å².